The fourth-order valence-electron chi connectivity index (χ4n) is 1.35. The number of hydrogen-bond donors (Lipinski definition) is 0. The standard InChI is InChI=1S/C12H11F5O2/c13-11(14)7-19-5-4-10(18)8-2-1-3-9(6-8)12(15,16)17/h1-3,6,11H,4-5,7H2. The Morgan fingerprint density at radius 2 is 1.95 bits per heavy atom. The van der Waals surface area contributed by atoms with Gasteiger partial charge in [0.25, 0.3) is 6.43 Å². The molecule has 2 nitrogen and oxygen atoms in total. The summed E-state index contributed by atoms with van der Waals surface area (Å²) < 4.78 is 65.2. The molecule has 0 radical (unpaired) electrons. The molecule has 19 heavy (non-hydrogen) atoms. The van der Waals surface area contributed by atoms with Crippen molar-refractivity contribution in [2.45, 2.75) is 19.0 Å². The average molecular weight is 282 g/mol. The van der Waals surface area contributed by atoms with E-state index in [-0.39, 0.29) is 18.6 Å². The van der Waals surface area contributed by atoms with Crippen LogP contribution in [0.2, 0.25) is 0 Å². The summed E-state index contributed by atoms with van der Waals surface area (Å²) in [6.45, 7) is -1.05. The maximum absolute atomic E-state index is 12.4. The lowest BCUT2D eigenvalue weighted by atomic mass is 10.1. The van der Waals surface area contributed by atoms with Crippen LogP contribution in [0.1, 0.15) is 22.3 Å². The molecule has 0 atom stereocenters. The van der Waals surface area contributed by atoms with E-state index in [1.54, 1.807) is 0 Å². The summed E-state index contributed by atoms with van der Waals surface area (Å²) in [7, 11) is 0. The van der Waals surface area contributed by atoms with Crippen LogP contribution in [0, 0.1) is 0 Å². The first-order valence-corrected chi connectivity index (χ1v) is 5.37. The summed E-state index contributed by atoms with van der Waals surface area (Å²) in [5, 5.41) is 0. The summed E-state index contributed by atoms with van der Waals surface area (Å²) in [4.78, 5) is 11.5. The Morgan fingerprint density at radius 1 is 1.26 bits per heavy atom. The smallest absolute Gasteiger partial charge is 0.375 e. The third-order valence-corrected chi connectivity index (χ3v) is 2.23. The largest absolute Gasteiger partial charge is 0.416 e. The molecule has 0 spiro atoms. The number of rotatable bonds is 6. The van der Waals surface area contributed by atoms with Gasteiger partial charge in [0.1, 0.15) is 6.61 Å². The van der Waals surface area contributed by atoms with E-state index in [0.29, 0.717) is 0 Å². The van der Waals surface area contributed by atoms with Crippen molar-refractivity contribution in [3.63, 3.8) is 0 Å². The van der Waals surface area contributed by atoms with Crippen molar-refractivity contribution in [1.82, 2.24) is 0 Å². The van der Waals surface area contributed by atoms with Gasteiger partial charge in [-0.1, -0.05) is 12.1 Å². The molecule has 0 amide bonds. The van der Waals surface area contributed by atoms with Gasteiger partial charge in [-0.25, -0.2) is 8.78 Å². The first-order chi connectivity index (χ1) is 8.80. The van der Waals surface area contributed by atoms with Crippen molar-refractivity contribution < 1.29 is 31.5 Å². The molecule has 106 valence electrons. The lowest BCUT2D eigenvalue weighted by Crippen LogP contribution is -2.11. The highest BCUT2D eigenvalue weighted by molar-refractivity contribution is 5.96. The second-order valence-electron chi connectivity index (χ2n) is 3.72. The molecule has 0 unspecified atom stereocenters. The van der Waals surface area contributed by atoms with Crippen molar-refractivity contribution in [3.8, 4) is 0 Å². The maximum Gasteiger partial charge on any atom is 0.416 e. The minimum atomic E-state index is -4.53. The van der Waals surface area contributed by atoms with Crippen LogP contribution in [-0.2, 0) is 10.9 Å². The molecular formula is C12H11F5O2. The van der Waals surface area contributed by atoms with E-state index in [1.165, 1.54) is 6.07 Å². The van der Waals surface area contributed by atoms with Gasteiger partial charge in [0.05, 0.1) is 12.2 Å². The third kappa shape index (κ3) is 5.34. The Hall–Kier alpha value is -1.50. The number of carbonyl (C=O) groups is 1. The van der Waals surface area contributed by atoms with Gasteiger partial charge < -0.3 is 4.74 Å². The number of benzene rings is 1. The molecule has 0 N–H and O–H groups in total. The van der Waals surface area contributed by atoms with Crippen molar-refractivity contribution in [1.29, 1.82) is 0 Å². The molecule has 0 saturated heterocycles. The van der Waals surface area contributed by atoms with E-state index in [2.05, 4.69) is 4.74 Å². The molecule has 0 saturated carbocycles. The number of Topliss-reactive ketones (excluding diaryl/α,β-unsaturated/α-hetero) is 1. The summed E-state index contributed by atoms with van der Waals surface area (Å²) in [5.41, 5.74) is -1.04. The number of hydrogen-bond acceptors (Lipinski definition) is 2. The van der Waals surface area contributed by atoms with E-state index < -0.39 is 30.6 Å². The minimum absolute atomic E-state index is 0.115. The van der Waals surface area contributed by atoms with Gasteiger partial charge in [-0.2, -0.15) is 13.2 Å². The number of carbonyl (C=O) groups excluding carboxylic acids is 1. The molecule has 0 fully saturated rings. The van der Waals surface area contributed by atoms with Crippen molar-refractivity contribution in [2.24, 2.45) is 0 Å². The van der Waals surface area contributed by atoms with Gasteiger partial charge in [-0.15, -0.1) is 0 Å². The molecule has 0 aliphatic rings. The lowest BCUT2D eigenvalue weighted by molar-refractivity contribution is -0.137. The molecule has 0 aromatic heterocycles. The van der Waals surface area contributed by atoms with Crippen LogP contribution in [0.3, 0.4) is 0 Å². The fraction of sp³-hybridized carbons (Fsp3) is 0.417. The average Bonchev–Trinajstić information content (AvgIpc) is 2.33. The number of alkyl halides is 5. The van der Waals surface area contributed by atoms with Crippen molar-refractivity contribution >= 4 is 5.78 Å². The van der Waals surface area contributed by atoms with E-state index in [9.17, 15) is 26.7 Å². The minimum Gasteiger partial charge on any atom is -0.375 e. The highest BCUT2D eigenvalue weighted by atomic mass is 19.4. The number of halogens is 5. The van der Waals surface area contributed by atoms with Crippen LogP contribution < -0.4 is 0 Å². The van der Waals surface area contributed by atoms with Crippen LogP contribution in [0.5, 0.6) is 0 Å². The normalized spacial score (nSPS) is 11.9. The second-order valence-corrected chi connectivity index (χ2v) is 3.72. The van der Waals surface area contributed by atoms with Gasteiger partial charge in [0, 0.05) is 12.0 Å². The van der Waals surface area contributed by atoms with E-state index in [4.69, 9.17) is 0 Å². The van der Waals surface area contributed by atoms with Gasteiger partial charge in [0.2, 0.25) is 0 Å². The first kappa shape index (κ1) is 15.6. The quantitative estimate of drug-likeness (QED) is 0.453. The molecule has 1 rings (SSSR count). The van der Waals surface area contributed by atoms with E-state index >= 15 is 0 Å². The Morgan fingerprint density at radius 3 is 2.53 bits per heavy atom. The highest BCUT2D eigenvalue weighted by Crippen LogP contribution is 2.29. The molecule has 7 heteroatoms. The topological polar surface area (TPSA) is 26.3 Å². The van der Waals surface area contributed by atoms with E-state index in [1.807, 2.05) is 0 Å². The Bertz CT molecular complexity index is 428. The maximum atomic E-state index is 12.4. The zero-order valence-corrected chi connectivity index (χ0v) is 9.71. The predicted octanol–water partition coefficient (Wildman–Crippen LogP) is 3.56. The Kier molecular flexibility index (Phi) is 5.41. The zero-order valence-electron chi connectivity index (χ0n) is 9.71. The monoisotopic (exact) mass is 282 g/mol. The number of ketones is 1. The molecule has 0 bridgehead atoms. The highest BCUT2D eigenvalue weighted by Gasteiger charge is 2.30. The molecule has 0 heterocycles. The zero-order chi connectivity index (χ0) is 14.5. The Labute approximate surface area is 106 Å². The molecule has 1 aromatic rings. The van der Waals surface area contributed by atoms with Gasteiger partial charge in [-0.3, -0.25) is 4.79 Å². The predicted molar refractivity (Wildman–Crippen MR) is 57.2 cm³/mol. The van der Waals surface area contributed by atoms with Gasteiger partial charge >= 0.3 is 6.18 Å². The van der Waals surface area contributed by atoms with Gasteiger partial charge in [0.15, 0.2) is 5.78 Å². The SMILES string of the molecule is O=C(CCOCC(F)F)c1cccc(C(F)(F)F)c1. The van der Waals surface area contributed by atoms with E-state index in [0.717, 1.165) is 18.2 Å². The van der Waals surface area contributed by atoms with Crippen LogP contribution in [0.15, 0.2) is 24.3 Å². The molecule has 0 aliphatic heterocycles. The second kappa shape index (κ2) is 6.60. The summed E-state index contributed by atoms with van der Waals surface area (Å²) in [5.74, 6) is -0.583. The summed E-state index contributed by atoms with van der Waals surface area (Å²) in [6.07, 6.45) is -7.40. The van der Waals surface area contributed by atoms with Crippen LogP contribution in [0.4, 0.5) is 22.0 Å². The fourth-order valence-corrected chi connectivity index (χ4v) is 1.35. The summed E-state index contributed by atoms with van der Waals surface area (Å²) >= 11 is 0. The van der Waals surface area contributed by atoms with Crippen molar-refractivity contribution in [3.05, 3.63) is 35.4 Å². The number of ether oxygens (including phenoxy) is 1. The summed E-state index contributed by atoms with van der Waals surface area (Å²) in [6, 6.07) is 3.94. The van der Waals surface area contributed by atoms with Crippen LogP contribution in [0.25, 0.3) is 0 Å². The first-order valence-electron chi connectivity index (χ1n) is 5.37. The van der Waals surface area contributed by atoms with Crippen LogP contribution >= 0.6 is 0 Å². The molecule has 0 aliphatic carbocycles. The van der Waals surface area contributed by atoms with Gasteiger partial charge in [-0.05, 0) is 12.1 Å². The van der Waals surface area contributed by atoms with Crippen LogP contribution in [-0.4, -0.2) is 25.4 Å². The Balaban J connectivity index is 2.58. The van der Waals surface area contributed by atoms with Crippen molar-refractivity contribution in [2.75, 3.05) is 13.2 Å². The molecular weight excluding hydrogens is 271 g/mol. The lowest BCUT2D eigenvalue weighted by Gasteiger charge is -2.08. The third-order valence-electron chi connectivity index (χ3n) is 2.23. The molecule has 1 aromatic carbocycles.